The van der Waals surface area contributed by atoms with Crippen LogP contribution in [0.15, 0.2) is 24.2 Å². The van der Waals surface area contributed by atoms with Crippen LogP contribution in [0, 0.1) is 0 Å². The Balaban J connectivity index is 1.74. The Bertz CT molecular complexity index is 699. The molecule has 21 heavy (non-hydrogen) atoms. The summed E-state index contributed by atoms with van der Waals surface area (Å²) in [5.74, 6) is 0.955. The Morgan fingerprint density at radius 2 is 2.29 bits per heavy atom. The SMILES string of the molecule is CC(CNc1nc(Cl)nc(-n2cncn2)n1)c1nccs1. The maximum atomic E-state index is 5.91. The largest absolute Gasteiger partial charge is 0.353 e. The molecular formula is C11H11ClN8S. The average molecular weight is 323 g/mol. The van der Waals surface area contributed by atoms with E-state index in [1.165, 1.54) is 17.3 Å². The molecule has 3 aromatic rings. The van der Waals surface area contributed by atoms with E-state index in [2.05, 4.69) is 42.3 Å². The Morgan fingerprint density at radius 3 is 3.00 bits per heavy atom. The molecule has 3 aromatic heterocycles. The Labute approximate surface area is 129 Å². The van der Waals surface area contributed by atoms with E-state index < -0.39 is 0 Å². The van der Waals surface area contributed by atoms with E-state index in [0.29, 0.717) is 18.4 Å². The van der Waals surface area contributed by atoms with Crippen LogP contribution < -0.4 is 5.32 Å². The van der Waals surface area contributed by atoms with Crippen LogP contribution in [0.1, 0.15) is 17.8 Å². The summed E-state index contributed by atoms with van der Waals surface area (Å²) in [6.07, 6.45) is 4.68. The minimum atomic E-state index is 0.0971. The number of hydrogen-bond donors (Lipinski definition) is 1. The average Bonchev–Trinajstić information content (AvgIpc) is 3.16. The maximum absolute atomic E-state index is 5.91. The third-order valence-electron chi connectivity index (χ3n) is 2.66. The van der Waals surface area contributed by atoms with Gasteiger partial charge >= 0.3 is 0 Å². The van der Waals surface area contributed by atoms with Gasteiger partial charge in [-0.2, -0.15) is 24.7 Å². The van der Waals surface area contributed by atoms with Crippen molar-refractivity contribution in [1.82, 2.24) is 34.7 Å². The first-order chi connectivity index (χ1) is 10.2. The second kappa shape index (κ2) is 6.10. The number of halogens is 1. The van der Waals surface area contributed by atoms with Crippen molar-refractivity contribution in [3.05, 3.63) is 34.5 Å². The van der Waals surface area contributed by atoms with Crippen molar-refractivity contribution in [3.63, 3.8) is 0 Å². The monoisotopic (exact) mass is 322 g/mol. The van der Waals surface area contributed by atoms with Gasteiger partial charge in [0.2, 0.25) is 11.2 Å². The molecular weight excluding hydrogens is 312 g/mol. The zero-order valence-electron chi connectivity index (χ0n) is 11.0. The van der Waals surface area contributed by atoms with E-state index in [1.54, 1.807) is 17.5 Å². The fourth-order valence-electron chi connectivity index (χ4n) is 1.64. The molecule has 1 N–H and O–H groups in total. The molecule has 1 unspecified atom stereocenters. The molecule has 0 aliphatic carbocycles. The zero-order chi connectivity index (χ0) is 14.7. The van der Waals surface area contributed by atoms with Crippen LogP contribution in [-0.4, -0.2) is 41.2 Å². The van der Waals surface area contributed by atoms with Crippen molar-refractivity contribution in [3.8, 4) is 5.95 Å². The van der Waals surface area contributed by atoms with E-state index in [1.807, 2.05) is 5.38 Å². The molecule has 3 heterocycles. The molecule has 0 saturated carbocycles. The van der Waals surface area contributed by atoms with Gasteiger partial charge in [-0.05, 0) is 11.6 Å². The normalized spacial score (nSPS) is 12.3. The second-order valence-electron chi connectivity index (χ2n) is 4.22. The predicted molar refractivity (Wildman–Crippen MR) is 78.8 cm³/mol. The molecule has 0 aliphatic rings. The third-order valence-corrected chi connectivity index (χ3v) is 3.84. The summed E-state index contributed by atoms with van der Waals surface area (Å²) in [5, 5.41) is 10.2. The molecule has 0 amide bonds. The lowest BCUT2D eigenvalue weighted by atomic mass is 10.2. The van der Waals surface area contributed by atoms with Gasteiger partial charge in [-0.1, -0.05) is 6.92 Å². The van der Waals surface area contributed by atoms with Gasteiger partial charge in [0, 0.05) is 24.0 Å². The van der Waals surface area contributed by atoms with Crippen LogP contribution in [0.25, 0.3) is 5.95 Å². The highest BCUT2D eigenvalue weighted by molar-refractivity contribution is 7.09. The molecule has 0 radical (unpaired) electrons. The minimum Gasteiger partial charge on any atom is -0.353 e. The van der Waals surface area contributed by atoms with E-state index in [4.69, 9.17) is 11.6 Å². The number of aromatic nitrogens is 7. The highest BCUT2D eigenvalue weighted by Gasteiger charge is 2.11. The third kappa shape index (κ3) is 3.31. The van der Waals surface area contributed by atoms with Gasteiger partial charge in [-0.25, -0.2) is 9.97 Å². The van der Waals surface area contributed by atoms with Crippen molar-refractivity contribution in [2.45, 2.75) is 12.8 Å². The highest BCUT2D eigenvalue weighted by atomic mass is 35.5. The van der Waals surface area contributed by atoms with Gasteiger partial charge in [-0.3, -0.25) is 0 Å². The molecule has 10 heteroatoms. The van der Waals surface area contributed by atoms with Crippen LogP contribution in [0.3, 0.4) is 0 Å². The van der Waals surface area contributed by atoms with Crippen LogP contribution >= 0.6 is 22.9 Å². The van der Waals surface area contributed by atoms with Crippen molar-refractivity contribution in [1.29, 1.82) is 0 Å². The Morgan fingerprint density at radius 1 is 1.38 bits per heavy atom. The van der Waals surface area contributed by atoms with Crippen molar-refractivity contribution < 1.29 is 0 Å². The zero-order valence-corrected chi connectivity index (χ0v) is 12.6. The molecule has 0 spiro atoms. The fourth-order valence-corrected chi connectivity index (χ4v) is 2.50. The fraction of sp³-hybridized carbons (Fsp3) is 0.273. The van der Waals surface area contributed by atoms with Gasteiger partial charge in [0.15, 0.2) is 0 Å². The molecule has 1 atom stereocenters. The molecule has 0 aliphatic heterocycles. The molecule has 0 saturated heterocycles. The Kier molecular flexibility index (Phi) is 4.02. The summed E-state index contributed by atoms with van der Waals surface area (Å²) in [5.41, 5.74) is 0. The maximum Gasteiger partial charge on any atom is 0.258 e. The van der Waals surface area contributed by atoms with Crippen LogP contribution in [-0.2, 0) is 0 Å². The summed E-state index contributed by atoms with van der Waals surface area (Å²) in [6.45, 7) is 2.72. The summed E-state index contributed by atoms with van der Waals surface area (Å²) < 4.78 is 1.42. The second-order valence-corrected chi connectivity index (χ2v) is 5.48. The standard InChI is InChI=1S/C11H11ClN8S/c1-7(8-14-2-3-21-8)4-15-10-17-9(12)18-11(19-10)20-6-13-5-16-20/h2-3,5-7H,4H2,1H3,(H,15,17,18,19). The summed E-state index contributed by atoms with van der Waals surface area (Å²) >= 11 is 7.53. The number of hydrogen-bond acceptors (Lipinski definition) is 8. The van der Waals surface area contributed by atoms with Gasteiger partial charge in [0.25, 0.3) is 5.95 Å². The van der Waals surface area contributed by atoms with Crippen molar-refractivity contribution >= 4 is 28.9 Å². The molecule has 8 nitrogen and oxygen atoms in total. The minimum absolute atomic E-state index is 0.0971. The first-order valence-corrected chi connectivity index (χ1v) is 7.38. The summed E-state index contributed by atoms with van der Waals surface area (Å²) in [7, 11) is 0. The quantitative estimate of drug-likeness (QED) is 0.765. The molecule has 0 aromatic carbocycles. The van der Waals surface area contributed by atoms with Crippen LogP contribution in [0.5, 0.6) is 0 Å². The van der Waals surface area contributed by atoms with Crippen molar-refractivity contribution in [2.75, 3.05) is 11.9 Å². The number of nitrogens with one attached hydrogen (secondary N) is 1. The first-order valence-electron chi connectivity index (χ1n) is 6.12. The molecule has 108 valence electrons. The van der Waals surface area contributed by atoms with Crippen molar-refractivity contribution in [2.24, 2.45) is 0 Å². The highest BCUT2D eigenvalue weighted by Crippen LogP contribution is 2.18. The molecule has 3 rings (SSSR count). The molecule has 0 fully saturated rings. The number of nitrogens with zero attached hydrogens (tertiary/aromatic N) is 7. The van der Waals surface area contributed by atoms with Gasteiger partial charge in [0.1, 0.15) is 12.7 Å². The van der Waals surface area contributed by atoms with Gasteiger partial charge in [-0.15, -0.1) is 11.3 Å². The van der Waals surface area contributed by atoms with E-state index >= 15 is 0 Å². The summed E-state index contributed by atoms with van der Waals surface area (Å²) in [6, 6.07) is 0. The molecule has 0 bridgehead atoms. The van der Waals surface area contributed by atoms with Crippen LogP contribution in [0.4, 0.5) is 5.95 Å². The van der Waals surface area contributed by atoms with Gasteiger partial charge < -0.3 is 5.32 Å². The Hall–Kier alpha value is -2.13. The van der Waals surface area contributed by atoms with E-state index in [0.717, 1.165) is 5.01 Å². The number of thiazole rings is 1. The topological polar surface area (TPSA) is 94.3 Å². The number of anilines is 1. The van der Waals surface area contributed by atoms with E-state index in [9.17, 15) is 0 Å². The van der Waals surface area contributed by atoms with Gasteiger partial charge in [0.05, 0.1) is 5.01 Å². The smallest absolute Gasteiger partial charge is 0.258 e. The van der Waals surface area contributed by atoms with E-state index in [-0.39, 0.29) is 11.2 Å². The van der Waals surface area contributed by atoms with Crippen LogP contribution in [0.2, 0.25) is 5.28 Å². The summed E-state index contributed by atoms with van der Waals surface area (Å²) in [4.78, 5) is 20.4. The lowest BCUT2D eigenvalue weighted by Crippen LogP contribution is -2.14. The predicted octanol–water partition coefficient (Wildman–Crippen LogP) is 1.78. The lowest BCUT2D eigenvalue weighted by Gasteiger charge is -2.10. The lowest BCUT2D eigenvalue weighted by molar-refractivity contribution is 0.768. The first kappa shape index (κ1) is 13.8. The number of rotatable bonds is 5.